The second-order valence-electron chi connectivity index (χ2n) is 2.53. The van der Waals surface area contributed by atoms with E-state index in [2.05, 4.69) is 5.32 Å². The first kappa shape index (κ1) is 9.49. The number of hydrogen-bond donors (Lipinski definition) is 1. The molecule has 1 rings (SSSR count). The van der Waals surface area contributed by atoms with E-state index in [9.17, 15) is 4.39 Å². The molecule has 1 nitrogen and oxygen atoms in total. The Morgan fingerprint density at radius 3 is 2.83 bits per heavy atom. The number of rotatable bonds is 3. The highest BCUT2D eigenvalue weighted by Crippen LogP contribution is 2.15. The molecule has 1 aromatic rings. The summed E-state index contributed by atoms with van der Waals surface area (Å²) in [5, 5.41) is 3.32. The Labute approximate surface area is 76.5 Å². The lowest BCUT2D eigenvalue weighted by atomic mass is 10.2. The number of hydrogen-bond acceptors (Lipinski definition) is 1. The highest BCUT2D eigenvalue weighted by molar-refractivity contribution is 6.30. The maximum absolute atomic E-state index is 12.7. The van der Waals surface area contributed by atoms with Gasteiger partial charge in [-0.2, -0.15) is 0 Å². The van der Waals surface area contributed by atoms with Crippen LogP contribution in [0.15, 0.2) is 18.2 Å². The first-order valence-electron chi connectivity index (χ1n) is 3.88. The lowest BCUT2D eigenvalue weighted by Crippen LogP contribution is -2.11. The van der Waals surface area contributed by atoms with Gasteiger partial charge in [-0.05, 0) is 24.2 Å². The Hall–Kier alpha value is -0.600. The lowest BCUT2D eigenvalue weighted by Gasteiger charge is -2.02. The standard InChI is InChI=1S/C9H11ClFN/c1-2-12-6-7-3-4-9(11)8(10)5-7/h3-5,12H,2,6H2,1H3. The summed E-state index contributed by atoms with van der Waals surface area (Å²) < 4.78 is 12.7. The second kappa shape index (κ2) is 4.43. The molecule has 0 unspecified atom stereocenters. The van der Waals surface area contributed by atoms with Crippen molar-refractivity contribution in [3.8, 4) is 0 Å². The number of halogens is 2. The van der Waals surface area contributed by atoms with Crippen LogP contribution in [0.5, 0.6) is 0 Å². The third-order valence-corrected chi connectivity index (χ3v) is 1.85. The van der Waals surface area contributed by atoms with Gasteiger partial charge in [-0.1, -0.05) is 24.6 Å². The molecule has 0 spiro atoms. The zero-order valence-electron chi connectivity index (χ0n) is 6.90. The summed E-state index contributed by atoms with van der Waals surface area (Å²) in [5.74, 6) is -0.364. The van der Waals surface area contributed by atoms with Crippen molar-refractivity contribution in [3.05, 3.63) is 34.6 Å². The van der Waals surface area contributed by atoms with Crippen LogP contribution in [0.25, 0.3) is 0 Å². The van der Waals surface area contributed by atoms with Crippen LogP contribution in [-0.2, 0) is 6.54 Å². The zero-order chi connectivity index (χ0) is 8.97. The van der Waals surface area contributed by atoms with Gasteiger partial charge >= 0.3 is 0 Å². The molecule has 0 aliphatic rings. The van der Waals surface area contributed by atoms with E-state index in [4.69, 9.17) is 11.6 Å². The fraction of sp³-hybridized carbons (Fsp3) is 0.333. The number of benzene rings is 1. The minimum absolute atomic E-state index is 0.186. The van der Waals surface area contributed by atoms with Crippen LogP contribution in [0.4, 0.5) is 4.39 Å². The third-order valence-electron chi connectivity index (χ3n) is 1.56. The average molecular weight is 188 g/mol. The monoisotopic (exact) mass is 187 g/mol. The van der Waals surface area contributed by atoms with Crippen LogP contribution in [0.3, 0.4) is 0 Å². The van der Waals surface area contributed by atoms with Crippen molar-refractivity contribution in [1.29, 1.82) is 0 Å². The van der Waals surface area contributed by atoms with E-state index in [1.165, 1.54) is 6.07 Å². The smallest absolute Gasteiger partial charge is 0.141 e. The quantitative estimate of drug-likeness (QED) is 0.767. The van der Waals surface area contributed by atoms with Gasteiger partial charge in [-0.15, -0.1) is 0 Å². The van der Waals surface area contributed by atoms with Crippen LogP contribution in [0.1, 0.15) is 12.5 Å². The Morgan fingerprint density at radius 1 is 1.50 bits per heavy atom. The second-order valence-corrected chi connectivity index (χ2v) is 2.94. The van der Waals surface area contributed by atoms with Crippen molar-refractivity contribution in [3.63, 3.8) is 0 Å². The third kappa shape index (κ3) is 2.47. The highest BCUT2D eigenvalue weighted by Gasteiger charge is 1.99. The van der Waals surface area contributed by atoms with Crippen LogP contribution < -0.4 is 5.32 Å². The minimum Gasteiger partial charge on any atom is -0.313 e. The van der Waals surface area contributed by atoms with Gasteiger partial charge in [0.05, 0.1) is 5.02 Å². The molecule has 1 aromatic carbocycles. The fourth-order valence-corrected chi connectivity index (χ4v) is 1.12. The average Bonchev–Trinajstić information content (AvgIpc) is 2.07. The molecule has 66 valence electrons. The predicted molar refractivity (Wildman–Crippen MR) is 48.8 cm³/mol. The molecule has 0 aromatic heterocycles. The first-order chi connectivity index (χ1) is 5.74. The molecular weight excluding hydrogens is 177 g/mol. The molecular formula is C9H11ClFN. The molecule has 0 saturated carbocycles. The van der Waals surface area contributed by atoms with E-state index in [1.54, 1.807) is 12.1 Å². The normalized spacial score (nSPS) is 10.2. The van der Waals surface area contributed by atoms with Gasteiger partial charge in [0.2, 0.25) is 0 Å². The van der Waals surface area contributed by atoms with Gasteiger partial charge in [0.1, 0.15) is 5.82 Å². The fourth-order valence-electron chi connectivity index (χ4n) is 0.919. The minimum atomic E-state index is -0.364. The first-order valence-corrected chi connectivity index (χ1v) is 4.26. The maximum atomic E-state index is 12.7. The molecule has 0 amide bonds. The summed E-state index contributed by atoms with van der Waals surface area (Å²) in [5.41, 5.74) is 1.00. The topological polar surface area (TPSA) is 12.0 Å². The maximum Gasteiger partial charge on any atom is 0.141 e. The molecule has 0 aliphatic carbocycles. The molecule has 0 saturated heterocycles. The molecule has 0 aliphatic heterocycles. The van der Waals surface area contributed by atoms with Crippen molar-refractivity contribution >= 4 is 11.6 Å². The van der Waals surface area contributed by atoms with Crippen LogP contribution in [0, 0.1) is 5.82 Å². The Bertz CT molecular complexity index is 263. The summed E-state index contributed by atoms with van der Waals surface area (Å²) >= 11 is 5.59. The molecule has 0 bridgehead atoms. The van der Waals surface area contributed by atoms with Gasteiger partial charge in [0.15, 0.2) is 0 Å². The molecule has 0 atom stereocenters. The van der Waals surface area contributed by atoms with Crippen molar-refractivity contribution in [2.45, 2.75) is 13.5 Å². The predicted octanol–water partition coefficient (Wildman–Crippen LogP) is 2.59. The van der Waals surface area contributed by atoms with E-state index in [0.717, 1.165) is 18.7 Å². The van der Waals surface area contributed by atoms with Crippen molar-refractivity contribution < 1.29 is 4.39 Å². The highest BCUT2D eigenvalue weighted by atomic mass is 35.5. The van der Waals surface area contributed by atoms with Crippen molar-refractivity contribution in [2.24, 2.45) is 0 Å². The number of nitrogens with one attached hydrogen (secondary N) is 1. The lowest BCUT2D eigenvalue weighted by molar-refractivity contribution is 0.626. The van der Waals surface area contributed by atoms with Gasteiger partial charge in [-0.25, -0.2) is 4.39 Å². The van der Waals surface area contributed by atoms with E-state index >= 15 is 0 Å². The Kier molecular flexibility index (Phi) is 3.50. The van der Waals surface area contributed by atoms with Crippen molar-refractivity contribution in [1.82, 2.24) is 5.32 Å². The molecule has 0 radical (unpaired) electrons. The summed E-state index contributed by atoms with van der Waals surface area (Å²) in [6, 6.07) is 4.75. The summed E-state index contributed by atoms with van der Waals surface area (Å²) in [7, 11) is 0. The van der Waals surface area contributed by atoms with E-state index < -0.39 is 0 Å². The SMILES string of the molecule is CCNCc1ccc(F)c(Cl)c1. The molecule has 3 heteroatoms. The van der Waals surface area contributed by atoms with Crippen molar-refractivity contribution in [2.75, 3.05) is 6.54 Å². The van der Waals surface area contributed by atoms with Crippen LogP contribution in [-0.4, -0.2) is 6.54 Å². The molecule has 0 fully saturated rings. The largest absolute Gasteiger partial charge is 0.313 e. The van der Waals surface area contributed by atoms with Gasteiger partial charge in [0, 0.05) is 6.54 Å². The van der Waals surface area contributed by atoms with E-state index in [-0.39, 0.29) is 10.8 Å². The zero-order valence-corrected chi connectivity index (χ0v) is 7.66. The van der Waals surface area contributed by atoms with E-state index in [1.807, 2.05) is 6.92 Å². The molecule has 1 N–H and O–H groups in total. The summed E-state index contributed by atoms with van der Waals surface area (Å²) in [6.07, 6.45) is 0. The molecule has 0 heterocycles. The Morgan fingerprint density at radius 2 is 2.25 bits per heavy atom. The molecule has 12 heavy (non-hydrogen) atoms. The van der Waals surface area contributed by atoms with Crippen LogP contribution in [0.2, 0.25) is 5.02 Å². The Balaban J connectivity index is 2.69. The summed E-state index contributed by atoms with van der Waals surface area (Å²) in [6.45, 7) is 3.65. The van der Waals surface area contributed by atoms with Crippen LogP contribution >= 0.6 is 11.6 Å². The van der Waals surface area contributed by atoms with Gasteiger partial charge in [-0.3, -0.25) is 0 Å². The van der Waals surface area contributed by atoms with Gasteiger partial charge < -0.3 is 5.32 Å². The summed E-state index contributed by atoms with van der Waals surface area (Å²) in [4.78, 5) is 0. The van der Waals surface area contributed by atoms with E-state index in [0.29, 0.717) is 0 Å². The van der Waals surface area contributed by atoms with Gasteiger partial charge in [0.25, 0.3) is 0 Å².